The lowest BCUT2D eigenvalue weighted by molar-refractivity contribution is -0.214. The highest BCUT2D eigenvalue weighted by atomic mass is 16.3. The van der Waals surface area contributed by atoms with Crippen LogP contribution in [0.25, 0.3) is 10.4 Å². The lowest BCUT2D eigenvalue weighted by Gasteiger charge is -2.10. The summed E-state index contributed by atoms with van der Waals surface area (Å²) in [6.07, 6.45) is 0. The second-order valence-electron chi connectivity index (χ2n) is 2.54. The zero-order chi connectivity index (χ0) is 9.84. The highest BCUT2D eigenvalue weighted by molar-refractivity contribution is 5.93. The summed E-state index contributed by atoms with van der Waals surface area (Å²) in [6, 6.07) is 4.74. The molecule has 1 rings (SSSR count). The summed E-state index contributed by atoms with van der Waals surface area (Å²) in [5, 5.41) is 21.0. The van der Waals surface area contributed by atoms with Crippen LogP contribution in [-0.4, -0.2) is 5.90 Å². The van der Waals surface area contributed by atoms with Crippen LogP contribution >= 0.6 is 0 Å². The molecule has 0 amide bonds. The van der Waals surface area contributed by atoms with Crippen molar-refractivity contribution in [1.29, 1.82) is 5.41 Å². The van der Waals surface area contributed by atoms with Gasteiger partial charge in [-0.05, 0) is 30.0 Å². The van der Waals surface area contributed by atoms with Crippen molar-refractivity contribution in [3.63, 3.8) is 0 Å². The van der Waals surface area contributed by atoms with Gasteiger partial charge < -0.3 is 10.5 Å². The maximum atomic E-state index is 10.7. The van der Waals surface area contributed by atoms with Gasteiger partial charge in [-0.15, -0.1) is 0 Å². The van der Waals surface area contributed by atoms with Gasteiger partial charge in [-0.25, -0.2) is 0 Å². The van der Waals surface area contributed by atoms with E-state index < -0.39 is 5.90 Å². The molecule has 1 N–H and O–H groups in total. The Morgan fingerprint density at radius 3 is 2.85 bits per heavy atom. The number of azide groups is 1. The summed E-state index contributed by atoms with van der Waals surface area (Å²) >= 11 is 0. The monoisotopic (exact) mass is 175 g/mol. The second kappa shape index (κ2) is 3.60. The summed E-state index contributed by atoms with van der Waals surface area (Å²) in [5.74, 6) is -0.845. The lowest BCUT2D eigenvalue weighted by Crippen LogP contribution is -2.16. The molecule has 0 aliphatic carbocycles. The van der Waals surface area contributed by atoms with Crippen LogP contribution in [-0.2, 0) is 0 Å². The number of nitrogens with zero attached hydrogens (tertiary/aromatic N) is 3. The molecule has 0 spiro atoms. The fourth-order valence-electron chi connectivity index (χ4n) is 0.965. The average molecular weight is 175 g/mol. The molecule has 0 unspecified atom stereocenters. The molecule has 0 heterocycles. The van der Waals surface area contributed by atoms with E-state index >= 15 is 0 Å². The fourth-order valence-corrected chi connectivity index (χ4v) is 0.965. The lowest BCUT2D eigenvalue weighted by atomic mass is 10.1. The highest BCUT2D eigenvalue weighted by Gasteiger charge is 1.99. The normalized spacial score (nSPS) is 9.00. The third kappa shape index (κ3) is 1.98. The van der Waals surface area contributed by atoms with Crippen molar-refractivity contribution in [2.45, 2.75) is 6.92 Å². The van der Waals surface area contributed by atoms with Crippen LogP contribution in [0.3, 0.4) is 0 Å². The predicted molar refractivity (Wildman–Crippen MR) is 46.8 cm³/mol. The minimum absolute atomic E-state index is 0.128. The molecule has 66 valence electrons. The molecule has 1 aromatic carbocycles. The van der Waals surface area contributed by atoms with Gasteiger partial charge in [-0.1, -0.05) is 22.8 Å². The molecule has 0 radical (unpaired) electrons. The maximum absolute atomic E-state index is 10.7. The summed E-state index contributed by atoms with van der Waals surface area (Å²) in [6.45, 7) is 1.81. The Kier molecular flexibility index (Phi) is 2.52. The highest BCUT2D eigenvalue weighted by Crippen LogP contribution is 2.20. The Bertz CT molecular complexity index is 393. The Morgan fingerprint density at radius 1 is 1.62 bits per heavy atom. The van der Waals surface area contributed by atoms with Gasteiger partial charge in [0.15, 0.2) is 0 Å². The Labute approximate surface area is 74.8 Å². The average Bonchev–Trinajstić information content (AvgIpc) is 2.04. The largest absolute Gasteiger partial charge is 0.859 e. The smallest absolute Gasteiger partial charge is 0.0459 e. The van der Waals surface area contributed by atoms with Crippen molar-refractivity contribution >= 4 is 11.6 Å². The van der Waals surface area contributed by atoms with Gasteiger partial charge in [-0.3, -0.25) is 0 Å². The van der Waals surface area contributed by atoms with Crippen molar-refractivity contribution in [1.82, 2.24) is 0 Å². The quantitative estimate of drug-likeness (QED) is 0.239. The topological polar surface area (TPSA) is 95.7 Å². The number of hydrogen-bond acceptors (Lipinski definition) is 3. The molecule has 0 fully saturated rings. The molecule has 0 saturated carbocycles. The third-order valence-electron chi connectivity index (χ3n) is 1.55. The Balaban J connectivity index is 3.34. The minimum atomic E-state index is -0.845. The van der Waals surface area contributed by atoms with Gasteiger partial charge in [-0.2, -0.15) is 0 Å². The third-order valence-corrected chi connectivity index (χ3v) is 1.55. The van der Waals surface area contributed by atoms with E-state index in [9.17, 15) is 5.11 Å². The summed E-state index contributed by atoms with van der Waals surface area (Å²) < 4.78 is 0. The van der Waals surface area contributed by atoms with E-state index in [2.05, 4.69) is 10.0 Å². The predicted octanol–water partition coefficient (Wildman–Crippen LogP) is 1.62. The van der Waals surface area contributed by atoms with Crippen LogP contribution in [0.5, 0.6) is 0 Å². The van der Waals surface area contributed by atoms with E-state index in [-0.39, 0.29) is 11.3 Å². The van der Waals surface area contributed by atoms with Crippen LogP contribution in [0, 0.1) is 12.3 Å². The van der Waals surface area contributed by atoms with E-state index in [1.54, 1.807) is 12.1 Å². The second-order valence-corrected chi connectivity index (χ2v) is 2.54. The van der Waals surface area contributed by atoms with Crippen molar-refractivity contribution in [3.05, 3.63) is 39.8 Å². The molecule has 0 saturated heterocycles. The van der Waals surface area contributed by atoms with Crippen LogP contribution in [0.2, 0.25) is 0 Å². The molecular formula is C8H7N4O-. The summed E-state index contributed by atoms with van der Waals surface area (Å²) in [7, 11) is 0. The van der Waals surface area contributed by atoms with Gasteiger partial charge >= 0.3 is 0 Å². The van der Waals surface area contributed by atoms with Crippen LogP contribution in [0.4, 0.5) is 5.69 Å². The van der Waals surface area contributed by atoms with Crippen molar-refractivity contribution in [2.24, 2.45) is 5.11 Å². The van der Waals surface area contributed by atoms with Gasteiger partial charge in [0.1, 0.15) is 0 Å². The van der Waals surface area contributed by atoms with E-state index in [1.165, 1.54) is 6.07 Å². The first-order chi connectivity index (χ1) is 6.15. The first-order valence-electron chi connectivity index (χ1n) is 3.57. The van der Waals surface area contributed by atoms with E-state index in [0.717, 1.165) is 5.56 Å². The first-order valence-corrected chi connectivity index (χ1v) is 3.57. The Morgan fingerprint density at radius 2 is 2.31 bits per heavy atom. The van der Waals surface area contributed by atoms with Crippen LogP contribution in [0.15, 0.2) is 23.3 Å². The number of hydrogen-bond donors (Lipinski definition) is 1. The maximum Gasteiger partial charge on any atom is 0.0459 e. The minimum Gasteiger partial charge on any atom is -0.859 e. The molecule has 0 aromatic heterocycles. The first kappa shape index (κ1) is 9.09. The zero-order valence-electron chi connectivity index (χ0n) is 6.98. The fraction of sp³-hybridized carbons (Fsp3) is 0.125. The molecule has 0 bridgehead atoms. The molecule has 13 heavy (non-hydrogen) atoms. The van der Waals surface area contributed by atoms with E-state index in [1.807, 2.05) is 6.92 Å². The molecule has 5 nitrogen and oxygen atoms in total. The van der Waals surface area contributed by atoms with Gasteiger partial charge in [0.25, 0.3) is 0 Å². The number of nitrogens with one attached hydrogen (secondary N) is 1. The number of aryl methyl sites for hydroxylation is 1. The van der Waals surface area contributed by atoms with Crippen LogP contribution in [0.1, 0.15) is 11.1 Å². The molecule has 0 aliphatic rings. The molecule has 1 aromatic rings. The molecule has 5 heteroatoms. The van der Waals surface area contributed by atoms with Gasteiger partial charge in [0.2, 0.25) is 0 Å². The summed E-state index contributed by atoms with van der Waals surface area (Å²) in [5.41, 5.74) is 9.42. The van der Waals surface area contributed by atoms with Gasteiger partial charge in [0.05, 0.1) is 0 Å². The Hall–Kier alpha value is -2.00. The zero-order valence-corrected chi connectivity index (χ0v) is 6.98. The van der Waals surface area contributed by atoms with Gasteiger partial charge in [0, 0.05) is 10.6 Å². The van der Waals surface area contributed by atoms with Crippen molar-refractivity contribution in [2.75, 3.05) is 0 Å². The molecule has 0 aliphatic heterocycles. The SMILES string of the molecule is Cc1ccc(C(=N)[O-])c(N=[N+]=[N-])c1. The van der Waals surface area contributed by atoms with E-state index in [0.29, 0.717) is 0 Å². The molecular weight excluding hydrogens is 168 g/mol. The van der Waals surface area contributed by atoms with Crippen molar-refractivity contribution in [3.8, 4) is 0 Å². The standard InChI is InChI=1S/C8H8N4O/c1-5-2-3-6(8(9)13)7(4-5)11-12-10/h2-4H,1H3,(H2,9,13)/p-1. The number of rotatable bonds is 2. The number of benzene rings is 1. The molecule has 0 atom stereocenters. The van der Waals surface area contributed by atoms with Crippen molar-refractivity contribution < 1.29 is 5.11 Å². The summed E-state index contributed by atoms with van der Waals surface area (Å²) in [4.78, 5) is 2.58. The van der Waals surface area contributed by atoms with Crippen LogP contribution < -0.4 is 5.11 Å². The van der Waals surface area contributed by atoms with E-state index in [4.69, 9.17) is 10.9 Å².